The van der Waals surface area contributed by atoms with Gasteiger partial charge in [-0.25, -0.2) is 0 Å². The van der Waals surface area contributed by atoms with Gasteiger partial charge in [-0.15, -0.1) is 11.6 Å². The van der Waals surface area contributed by atoms with E-state index in [1.54, 1.807) is 0 Å². The van der Waals surface area contributed by atoms with Gasteiger partial charge in [0.25, 0.3) is 0 Å². The van der Waals surface area contributed by atoms with E-state index in [0.717, 1.165) is 37.5 Å². The van der Waals surface area contributed by atoms with E-state index < -0.39 is 0 Å². The monoisotopic (exact) mass is 232 g/mol. The first-order valence-electron chi connectivity index (χ1n) is 4.77. The van der Waals surface area contributed by atoms with Crippen LogP contribution in [0.1, 0.15) is 19.3 Å². The third-order valence-corrected chi connectivity index (χ3v) is 2.35. The molecular weight excluding hydrogens is 219 g/mol. The van der Waals surface area contributed by atoms with Crippen molar-refractivity contribution in [2.75, 3.05) is 12.5 Å². The van der Waals surface area contributed by atoms with Crippen LogP contribution in [-0.4, -0.2) is 12.5 Å². The Bertz CT molecular complexity index is 263. The molecule has 14 heavy (non-hydrogen) atoms. The van der Waals surface area contributed by atoms with Gasteiger partial charge >= 0.3 is 0 Å². The first-order chi connectivity index (χ1) is 6.83. The predicted octanol–water partition coefficient (Wildman–Crippen LogP) is 4.13. The summed E-state index contributed by atoms with van der Waals surface area (Å²) in [6, 6.07) is 7.45. The Kier molecular flexibility index (Phi) is 5.81. The molecule has 1 nitrogen and oxygen atoms in total. The standard InChI is InChI=1S/C11H14Cl2O/c12-7-2-1-3-8-14-11-6-4-5-10(13)9-11/h4-6,9H,1-3,7-8H2. The smallest absolute Gasteiger partial charge is 0.120 e. The Morgan fingerprint density at radius 2 is 2.00 bits per heavy atom. The van der Waals surface area contributed by atoms with E-state index in [1.165, 1.54) is 0 Å². The Balaban J connectivity index is 2.18. The molecule has 0 N–H and O–H groups in total. The number of ether oxygens (including phenoxy) is 1. The van der Waals surface area contributed by atoms with Crippen molar-refractivity contribution in [3.63, 3.8) is 0 Å². The normalized spacial score (nSPS) is 10.1. The number of hydrogen-bond acceptors (Lipinski definition) is 1. The molecule has 3 heteroatoms. The molecule has 0 heterocycles. The van der Waals surface area contributed by atoms with Crippen LogP contribution in [0.25, 0.3) is 0 Å². The molecule has 0 radical (unpaired) electrons. The van der Waals surface area contributed by atoms with Crippen LogP contribution < -0.4 is 4.74 Å². The lowest BCUT2D eigenvalue weighted by molar-refractivity contribution is 0.306. The highest BCUT2D eigenvalue weighted by molar-refractivity contribution is 6.30. The molecule has 0 saturated carbocycles. The molecule has 0 bridgehead atoms. The first kappa shape index (κ1) is 11.7. The summed E-state index contributed by atoms with van der Waals surface area (Å²) in [5.41, 5.74) is 0. The summed E-state index contributed by atoms with van der Waals surface area (Å²) in [4.78, 5) is 0. The zero-order valence-electron chi connectivity index (χ0n) is 8.01. The summed E-state index contributed by atoms with van der Waals surface area (Å²) in [6.07, 6.45) is 3.21. The lowest BCUT2D eigenvalue weighted by Crippen LogP contribution is -1.97. The number of rotatable bonds is 6. The fourth-order valence-electron chi connectivity index (χ4n) is 1.12. The molecule has 0 atom stereocenters. The van der Waals surface area contributed by atoms with Gasteiger partial charge in [-0.1, -0.05) is 17.7 Å². The lowest BCUT2D eigenvalue weighted by atomic mass is 10.3. The number of hydrogen-bond donors (Lipinski definition) is 0. The van der Waals surface area contributed by atoms with Crippen LogP contribution >= 0.6 is 23.2 Å². The minimum absolute atomic E-state index is 0.711. The SMILES string of the molecule is ClCCCCCOc1cccc(Cl)c1. The zero-order chi connectivity index (χ0) is 10.2. The van der Waals surface area contributed by atoms with E-state index >= 15 is 0 Å². The van der Waals surface area contributed by atoms with Crippen molar-refractivity contribution in [2.24, 2.45) is 0 Å². The Morgan fingerprint density at radius 3 is 2.71 bits per heavy atom. The summed E-state index contributed by atoms with van der Waals surface area (Å²) in [5.74, 6) is 1.57. The highest BCUT2D eigenvalue weighted by Gasteiger charge is 1.94. The van der Waals surface area contributed by atoms with Crippen molar-refractivity contribution in [2.45, 2.75) is 19.3 Å². The summed E-state index contributed by atoms with van der Waals surface area (Å²) in [7, 11) is 0. The molecule has 1 aromatic rings. The van der Waals surface area contributed by atoms with Crippen molar-refractivity contribution >= 4 is 23.2 Å². The van der Waals surface area contributed by atoms with Gasteiger partial charge in [0.05, 0.1) is 6.61 Å². The van der Waals surface area contributed by atoms with Crippen LogP contribution in [0.2, 0.25) is 5.02 Å². The maximum atomic E-state index is 5.81. The van der Waals surface area contributed by atoms with Crippen LogP contribution in [0, 0.1) is 0 Å². The molecule has 0 aliphatic heterocycles. The third kappa shape index (κ3) is 4.73. The summed E-state index contributed by atoms with van der Waals surface area (Å²) < 4.78 is 5.51. The maximum absolute atomic E-state index is 5.81. The van der Waals surface area contributed by atoms with Gasteiger partial charge in [-0.3, -0.25) is 0 Å². The van der Waals surface area contributed by atoms with E-state index in [0.29, 0.717) is 5.02 Å². The number of unbranched alkanes of at least 4 members (excludes halogenated alkanes) is 2. The molecule has 0 unspecified atom stereocenters. The van der Waals surface area contributed by atoms with Crippen molar-refractivity contribution in [3.8, 4) is 5.75 Å². The van der Waals surface area contributed by atoms with Gasteiger partial charge < -0.3 is 4.74 Å². The molecule has 0 amide bonds. The second kappa shape index (κ2) is 6.97. The molecular formula is C11H14Cl2O. The second-order valence-electron chi connectivity index (χ2n) is 3.06. The van der Waals surface area contributed by atoms with E-state index in [-0.39, 0.29) is 0 Å². The fraction of sp³-hybridized carbons (Fsp3) is 0.455. The van der Waals surface area contributed by atoms with Crippen LogP contribution in [0.5, 0.6) is 5.75 Å². The molecule has 0 fully saturated rings. The van der Waals surface area contributed by atoms with Gasteiger partial charge in [0.2, 0.25) is 0 Å². The highest BCUT2D eigenvalue weighted by Crippen LogP contribution is 2.17. The van der Waals surface area contributed by atoms with E-state index in [2.05, 4.69) is 0 Å². The average Bonchev–Trinajstić information content (AvgIpc) is 2.18. The maximum Gasteiger partial charge on any atom is 0.120 e. The fourth-order valence-corrected chi connectivity index (χ4v) is 1.49. The average molecular weight is 233 g/mol. The topological polar surface area (TPSA) is 9.23 Å². The van der Waals surface area contributed by atoms with Crippen molar-refractivity contribution in [1.29, 1.82) is 0 Å². The molecule has 0 saturated heterocycles. The number of halogens is 2. The Morgan fingerprint density at radius 1 is 1.14 bits per heavy atom. The molecule has 0 spiro atoms. The second-order valence-corrected chi connectivity index (χ2v) is 3.87. The van der Waals surface area contributed by atoms with E-state index in [1.807, 2.05) is 24.3 Å². The molecule has 1 aromatic carbocycles. The largest absolute Gasteiger partial charge is 0.494 e. The van der Waals surface area contributed by atoms with Gasteiger partial charge in [-0.2, -0.15) is 0 Å². The summed E-state index contributed by atoms with van der Waals surface area (Å²) in [6.45, 7) is 0.733. The Labute approximate surface area is 95.0 Å². The van der Waals surface area contributed by atoms with Gasteiger partial charge in [0.1, 0.15) is 5.75 Å². The van der Waals surface area contributed by atoms with Gasteiger partial charge in [0, 0.05) is 10.9 Å². The Hall–Kier alpha value is -0.400. The van der Waals surface area contributed by atoms with Crippen molar-refractivity contribution in [3.05, 3.63) is 29.3 Å². The van der Waals surface area contributed by atoms with Crippen molar-refractivity contribution < 1.29 is 4.74 Å². The molecule has 0 aromatic heterocycles. The quantitative estimate of drug-likeness (QED) is 0.530. The molecule has 0 aliphatic carbocycles. The molecule has 1 rings (SSSR count). The minimum atomic E-state index is 0.711. The van der Waals surface area contributed by atoms with Crippen LogP contribution in [-0.2, 0) is 0 Å². The lowest BCUT2D eigenvalue weighted by Gasteiger charge is -2.05. The van der Waals surface area contributed by atoms with E-state index in [4.69, 9.17) is 27.9 Å². The highest BCUT2D eigenvalue weighted by atomic mass is 35.5. The van der Waals surface area contributed by atoms with E-state index in [9.17, 15) is 0 Å². The third-order valence-electron chi connectivity index (χ3n) is 1.84. The minimum Gasteiger partial charge on any atom is -0.494 e. The molecule has 78 valence electrons. The van der Waals surface area contributed by atoms with Crippen LogP contribution in [0.3, 0.4) is 0 Å². The summed E-state index contributed by atoms with van der Waals surface area (Å²) in [5, 5.41) is 0.711. The van der Waals surface area contributed by atoms with Crippen molar-refractivity contribution in [1.82, 2.24) is 0 Å². The first-order valence-corrected chi connectivity index (χ1v) is 5.68. The number of alkyl halides is 1. The van der Waals surface area contributed by atoms with Crippen LogP contribution in [0.15, 0.2) is 24.3 Å². The van der Waals surface area contributed by atoms with Gasteiger partial charge in [0.15, 0.2) is 0 Å². The van der Waals surface area contributed by atoms with Crippen LogP contribution in [0.4, 0.5) is 0 Å². The summed E-state index contributed by atoms with van der Waals surface area (Å²) >= 11 is 11.4. The molecule has 0 aliphatic rings. The van der Waals surface area contributed by atoms with Gasteiger partial charge in [-0.05, 0) is 37.5 Å². The number of benzene rings is 1. The predicted molar refractivity (Wildman–Crippen MR) is 61.5 cm³/mol. The zero-order valence-corrected chi connectivity index (χ0v) is 9.52.